The highest BCUT2D eigenvalue weighted by Crippen LogP contribution is 2.21. The van der Waals surface area contributed by atoms with E-state index in [1.165, 1.54) is 18.3 Å². The molecule has 2 N–H and O–H groups in total. The molecular weight excluding hydrogens is 288 g/mol. The Bertz CT molecular complexity index is 627. The van der Waals surface area contributed by atoms with E-state index in [0.29, 0.717) is 18.2 Å². The molecule has 21 heavy (non-hydrogen) atoms. The fourth-order valence-corrected chi connectivity index (χ4v) is 2.75. The average Bonchev–Trinajstić information content (AvgIpc) is 2.99. The minimum Gasteiger partial charge on any atom is -0.320 e. The number of carbonyl (C=O) groups excluding carboxylic acids is 1. The van der Waals surface area contributed by atoms with Gasteiger partial charge in [0, 0.05) is 18.8 Å². The van der Waals surface area contributed by atoms with Crippen molar-refractivity contribution in [3.05, 3.63) is 23.0 Å². The Morgan fingerprint density at radius 3 is 2.76 bits per heavy atom. The fourth-order valence-electron chi connectivity index (χ4n) is 1.82. The molecule has 0 aromatic carbocycles. The van der Waals surface area contributed by atoms with Gasteiger partial charge in [-0.2, -0.15) is 0 Å². The maximum absolute atomic E-state index is 11.5. The lowest BCUT2D eigenvalue weighted by molar-refractivity contribution is -0.116. The topological polar surface area (TPSA) is 89.9 Å². The Kier molecular flexibility index (Phi) is 4.38. The summed E-state index contributed by atoms with van der Waals surface area (Å²) in [6.07, 6.45) is 1.82. The number of nitrogens with zero attached hydrogens (tertiary/aromatic N) is 5. The number of hydrogen-bond acceptors (Lipinski definition) is 6. The SMILES string of the molecule is CCN(C(C)=O)c1nc(Cn2cc(C(C)(C)N)nn2)cs1. The summed E-state index contributed by atoms with van der Waals surface area (Å²) in [5.74, 6) is -0.00803. The normalized spacial score (nSPS) is 11.7. The van der Waals surface area contributed by atoms with Gasteiger partial charge in [-0.25, -0.2) is 9.67 Å². The lowest BCUT2D eigenvalue weighted by atomic mass is 10.0. The monoisotopic (exact) mass is 308 g/mol. The smallest absolute Gasteiger partial charge is 0.225 e. The number of aromatic nitrogens is 4. The molecule has 0 fully saturated rings. The third kappa shape index (κ3) is 3.64. The zero-order valence-electron chi connectivity index (χ0n) is 12.7. The maximum atomic E-state index is 11.5. The average molecular weight is 308 g/mol. The van der Waals surface area contributed by atoms with Gasteiger partial charge >= 0.3 is 0 Å². The summed E-state index contributed by atoms with van der Waals surface area (Å²) in [5.41, 5.74) is 7.05. The van der Waals surface area contributed by atoms with Crippen molar-refractivity contribution in [1.82, 2.24) is 20.0 Å². The number of anilines is 1. The van der Waals surface area contributed by atoms with Crippen molar-refractivity contribution in [1.29, 1.82) is 0 Å². The molecule has 7 nitrogen and oxygen atoms in total. The lowest BCUT2D eigenvalue weighted by Crippen LogP contribution is -2.29. The molecule has 0 unspecified atom stereocenters. The van der Waals surface area contributed by atoms with Crippen LogP contribution in [0.4, 0.5) is 5.13 Å². The van der Waals surface area contributed by atoms with Crippen molar-refractivity contribution in [3.63, 3.8) is 0 Å². The quantitative estimate of drug-likeness (QED) is 0.900. The van der Waals surface area contributed by atoms with Crippen molar-refractivity contribution in [2.75, 3.05) is 11.4 Å². The number of rotatable bonds is 5. The van der Waals surface area contributed by atoms with Gasteiger partial charge < -0.3 is 5.73 Å². The van der Waals surface area contributed by atoms with Crippen LogP contribution in [0, 0.1) is 0 Å². The summed E-state index contributed by atoms with van der Waals surface area (Å²) >= 11 is 1.45. The van der Waals surface area contributed by atoms with Gasteiger partial charge in [0.2, 0.25) is 5.91 Å². The summed E-state index contributed by atoms with van der Waals surface area (Å²) in [7, 11) is 0. The lowest BCUT2D eigenvalue weighted by Gasteiger charge is -2.14. The van der Waals surface area contributed by atoms with Crippen molar-refractivity contribution in [3.8, 4) is 0 Å². The Hall–Kier alpha value is -1.80. The highest BCUT2D eigenvalue weighted by atomic mass is 32.1. The van der Waals surface area contributed by atoms with Crippen LogP contribution in [0.3, 0.4) is 0 Å². The predicted octanol–water partition coefficient (Wildman–Crippen LogP) is 1.35. The molecule has 0 aliphatic heterocycles. The molecule has 0 aliphatic carbocycles. The van der Waals surface area contributed by atoms with Gasteiger partial charge in [0.15, 0.2) is 5.13 Å². The van der Waals surface area contributed by atoms with E-state index < -0.39 is 5.54 Å². The molecule has 2 aromatic rings. The van der Waals surface area contributed by atoms with E-state index in [1.807, 2.05) is 32.3 Å². The summed E-state index contributed by atoms with van der Waals surface area (Å²) in [5, 5.41) is 10.8. The first-order chi connectivity index (χ1) is 9.81. The second-order valence-electron chi connectivity index (χ2n) is 5.41. The second kappa shape index (κ2) is 5.90. The number of carbonyl (C=O) groups is 1. The molecule has 8 heteroatoms. The van der Waals surface area contributed by atoms with Crippen LogP contribution in [0.15, 0.2) is 11.6 Å². The fraction of sp³-hybridized carbons (Fsp3) is 0.538. The van der Waals surface area contributed by atoms with Gasteiger partial charge in [-0.1, -0.05) is 5.21 Å². The maximum Gasteiger partial charge on any atom is 0.225 e. The van der Waals surface area contributed by atoms with Crippen LogP contribution in [-0.4, -0.2) is 32.4 Å². The first-order valence-corrected chi connectivity index (χ1v) is 7.61. The molecule has 0 saturated heterocycles. The Labute approximate surface area is 127 Å². The molecule has 1 amide bonds. The Morgan fingerprint density at radius 2 is 2.24 bits per heavy atom. The van der Waals surface area contributed by atoms with Gasteiger partial charge in [0.05, 0.1) is 24.0 Å². The highest BCUT2D eigenvalue weighted by Gasteiger charge is 2.19. The Balaban J connectivity index is 2.12. The van der Waals surface area contributed by atoms with Crippen LogP contribution in [0.25, 0.3) is 0 Å². The molecule has 114 valence electrons. The molecule has 2 heterocycles. The van der Waals surface area contributed by atoms with E-state index in [1.54, 1.807) is 9.58 Å². The summed E-state index contributed by atoms with van der Waals surface area (Å²) in [6.45, 7) is 8.35. The van der Waals surface area contributed by atoms with Crippen molar-refractivity contribution in [2.24, 2.45) is 5.73 Å². The number of thiazole rings is 1. The van der Waals surface area contributed by atoms with Crippen molar-refractivity contribution >= 4 is 22.4 Å². The van der Waals surface area contributed by atoms with E-state index in [9.17, 15) is 4.79 Å². The highest BCUT2D eigenvalue weighted by molar-refractivity contribution is 7.14. The van der Waals surface area contributed by atoms with Crippen LogP contribution in [0.2, 0.25) is 0 Å². The minimum atomic E-state index is -0.515. The van der Waals surface area contributed by atoms with Crippen LogP contribution >= 0.6 is 11.3 Å². The van der Waals surface area contributed by atoms with E-state index in [-0.39, 0.29) is 5.91 Å². The van der Waals surface area contributed by atoms with Crippen molar-refractivity contribution < 1.29 is 4.79 Å². The predicted molar refractivity (Wildman–Crippen MR) is 82.2 cm³/mol. The van der Waals surface area contributed by atoms with E-state index in [2.05, 4.69) is 15.3 Å². The van der Waals surface area contributed by atoms with Gasteiger partial charge in [-0.3, -0.25) is 9.69 Å². The number of amides is 1. The zero-order valence-corrected chi connectivity index (χ0v) is 13.5. The van der Waals surface area contributed by atoms with E-state index >= 15 is 0 Å². The standard InChI is InChI=1S/C13H20N6OS/c1-5-19(9(2)20)12-15-10(8-21-12)6-18-7-11(16-17-18)13(3,4)14/h7-8H,5-6,14H2,1-4H3. The van der Waals surface area contributed by atoms with Crippen LogP contribution in [-0.2, 0) is 16.9 Å². The molecule has 2 rings (SSSR count). The van der Waals surface area contributed by atoms with Crippen molar-refractivity contribution in [2.45, 2.75) is 39.8 Å². The van der Waals surface area contributed by atoms with Gasteiger partial charge in [0.25, 0.3) is 0 Å². The molecule has 0 atom stereocenters. The van der Waals surface area contributed by atoms with Crippen LogP contribution in [0.1, 0.15) is 39.1 Å². The minimum absolute atomic E-state index is 0.00803. The molecule has 0 aliphatic rings. The number of hydrogen-bond donors (Lipinski definition) is 1. The zero-order chi connectivity index (χ0) is 15.6. The summed E-state index contributed by atoms with van der Waals surface area (Å²) in [6, 6.07) is 0. The molecule has 0 saturated carbocycles. The van der Waals surface area contributed by atoms with Gasteiger partial charge in [0.1, 0.15) is 5.69 Å². The van der Waals surface area contributed by atoms with Gasteiger partial charge in [-0.15, -0.1) is 16.4 Å². The number of nitrogens with two attached hydrogens (primary N) is 1. The third-order valence-corrected chi connectivity index (χ3v) is 3.90. The Morgan fingerprint density at radius 1 is 1.52 bits per heavy atom. The first-order valence-electron chi connectivity index (χ1n) is 6.73. The first kappa shape index (κ1) is 15.6. The largest absolute Gasteiger partial charge is 0.320 e. The van der Waals surface area contributed by atoms with Gasteiger partial charge in [-0.05, 0) is 20.8 Å². The van der Waals surface area contributed by atoms with E-state index in [4.69, 9.17) is 5.73 Å². The second-order valence-corrected chi connectivity index (χ2v) is 6.24. The van der Waals surface area contributed by atoms with Crippen LogP contribution < -0.4 is 10.6 Å². The summed E-state index contributed by atoms with van der Waals surface area (Å²) < 4.78 is 1.70. The summed E-state index contributed by atoms with van der Waals surface area (Å²) in [4.78, 5) is 17.6. The molecule has 0 radical (unpaired) electrons. The van der Waals surface area contributed by atoms with Crippen LogP contribution in [0.5, 0.6) is 0 Å². The molecule has 2 aromatic heterocycles. The molecular formula is C13H20N6OS. The molecule has 0 bridgehead atoms. The molecule has 0 spiro atoms. The van der Waals surface area contributed by atoms with E-state index in [0.717, 1.165) is 11.4 Å². The third-order valence-electron chi connectivity index (χ3n) is 2.99.